The van der Waals surface area contributed by atoms with Gasteiger partial charge in [-0.15, -0.1) is 0 Å². The number of methoxy groups -OCH3 is 1. The van der Waals surface area contributed by atoms with Gasteiger partial charge < -0.3 is 29.1 Å². The third-order valence-corrected chi connectivity index (χ3v) is 6.71. The van der Waals surface area contributed by atoms with Crippen LogP contribution in [0.4, 0.5) is 0 Å². The monoisotopic (exact) mass is 466 g/mol. The summed E-state index contributed by atoms with van der Waals surface area (Å²) in [6.45, 7) is 3.93. The van der Waals surface area contributed by atoms with E-state index in [1.54, 1.807) is 32.0 Å². The summed E-state index contributed by atoms with van der Waals surface area (Å²) in [5.74, 6) is -0.352. The zero-order valence-corrected chi connectivity index (χ0v) is 19.5. The minimum atomic E-state index is -0.987. The third-order valence-electron chi connectivity index (χ3n) is 6.71. The Bertz CT molecular complexity index is 1290. The molecule has 1 N–H and O–H groups in total. The average Bonchev–Trinajstić information content (AvgIpc) is 2.84. The molecule has 0 saturated heterocycles. The standard InChI is InChI=1S/C26H29NO7/c1-14-22(33-15(2)24(28)27-13-16-4-6-17(7-5-16)25(29)30)11-10-20-19-9-8-18(32-3)12-21(19)26(31)34-23(14)20/h8-12,15-17H,4-7,13H2,1-3H3,(H,27,28)(H,29,30)/p-1/t15-,16?,17?/m1/s1. The third kappa shape index (κ3) is 4.71. The number of carbonyl (C=O) groups excluding carboxylic acids is 2. The Morgan fingerprint density at radius 1 is 1.12 bits per heavy atom. The summed E-state index contributed by atoms with van der Waals surface area (Å²) in [6.07, 6.45) is 1.90. The summed E-state index contributed by atoms with van der Waals surface area (Å²) >= 11 is 0. The quantitative estimate of drug-likeness (QED) is 0.420. The van der Waals surface area contributed by atoms with Gasteiger partial charge in [-0.3, -0.25) is 4.79 Å². The first-order valence-electron chi connectivity index (χ1n) is 11.5. The van der Waals surface area contributed by atoms with Gasteiger partial charge in [0, 0.05) is 28.8 Å². The summed E-state index contributed by atoms with van der Waals surface area (Å²) in [4.78, 5) is 36.2. The molecule has 0 spiro atoms. The van der Waals surface area contributed by atoms with E-state index in [0.717, 1.165) is 23.6 Å². The number of amides is 1. The van der Waals surface area contributed by atoms with Crippen LogP contribution >= 0.6 is 0 Å². The van der Waals surface area contributed by atoms with E-state index in [2.05, 4.69) is 5.32 Å². The second-order valence-electron chi connectivity index (χ2n) is 8.91. The van der Waals surface area contributed by atoms with Gasteiger partial charge in [0.2, 0.25) is 0 Å². The van der Waals surface area contributed by atoms with E-state index < -0.39 is 17.7 Å². The lowest BCUT2D eigenvalue weighted by Gasteiger charge is -2.29. The predicted molar refractivity (Wildman–Crippen MR) is 125 cm³/mol. The smallest absolute Gasteiger partial charge is 0.344 e. The molecule has 0 bridgehead atoms. The Hall–Kier alpha value is -3.55. The van der Waals surface area contributed by atoms with Crippen molar-refractivity contribution < 1.29 is 28.6 Å². The van der Waals surface area contributed by atoms with E-state index in [0.29, 0.717) is 47.4 Å². The molecule has 1 fully saturated rings. The lowest BCUT2D eigenvalue weighted by atomic mass is 9.82. The number of fused-ring (bicyclic) bond motifs is 3. The van der Waals surface area contributed by atoms with Crippen molar-refractivity contribution in [3.63, 3.8) is 0 Å². The van der Waals surface area contributed by atoms with E-state index in [4.69, 9.17) is 13.9 Å². The van der Waals surface area contributed by atoms with Crippen LogP contribution < -0.4 is 25.5 Å². The van der Waals surface area contributed by atoms with Crippen molar-refractivity contribution in [1.29, 1.82) is 0 Å². The molecule has 1 aromatic heterocycles. The van der Waals surface area contributed by atoms with Crippen molar-refractivity contribution in [1.82, 2.24) is 5.32 Å². The van der Waals surface area contributed by atoms with E-state index in [1.165, 1.54) is 7.11 Å². The largest absolute Gasteiger partial charge is 0.550 e. The van der Waals surface area contributed by atoms with E-state index in [-0.39, 0.29) is 17.7 Å². The van der Waals surface area contributed by atoms with Crippen molar-refractivity contribution >= 4 is 33.6 Å². The zero-order valence-electron chi connectivity index (χ0n) is 19.5. The molecule has 1 aliphatic rings. The van der Waals surface area contributed by atoms with Gasteiger partial charge in [-0.05, 0) is 81.7 Å². The van der Waals surface area contributed by atoms with Crippen LogP contribution in [0.5, 0.6) is 11.5 Å². The van der Waals surface area contributed by atoms with Gasteiger partial charge in [-0.2, -0.15) is 0 Å². The molecule has 1 amide bonds. The van der Waals surface area contributed by atoms with E-state index in [9.17, 15) is 19.5 Å². The van der Waals surface area contributed by atoms with Crippen LogP contribution in [0.3, 0.4) is 0 Å². The Kier molecular flexibility index (Phi) is 6.77. The molecule has 34 heavy (non-hydrogen) atoms. The first kappa shape index (κ1) is 23.6. The lowest BCUT2D eigenvalue weighted by molar-refractivity contribution is -0.312. The number of hydrogen-bond acceptors (Lipinski definition) is 7. The molecule has 1 aliphatic carbocycles. The molecule has 1 saturated carbocycles. The molecule has 3 aromatic rings. The average molecular weight is 467 g/mol. The predicted octanol–water partition coefficient (Wildman–Crippen LogP) is 2.70. The van der Waals surface area contributed by atoms with Gasteiger partial charge in [0.25, 0.3) is 5.91 Å². The summed E-state index contributed by atoms with van der Waals surface area (Å²) in [5, 5.41) is 15.8. The highest BCUT2D eigenvalue weighted by molar-refractivity contribution is 6.06. The molecular weight excluding hydrogens is 438 g/mol. The fourth-order valence-electron chi connectivity index (χ4n) is 4.58. The normalized spacial score (nSPS) is 19.0. The molecule has 4 rings (SSSR count). The summed E-state index contributed by atoms with van der Waals surface area (Å²) in [7, 11) is 1.54. The number of carboxylic acid groups (broad SMARTS) is 1. The van der Waals surface area contributed by atoms with Gasteiger partial charge in [-0.1, -0.05) is 0 Å². The highest BCUT2D eigenvalue weighted by Crippen LogP contribution is 2.32. The fourth-order valence-corrected chi connectivity index (χ4v) is 4.58. The minimum absolute atomic E-state index is 0.246. The van der Waals surface area contributed by atoms with Crippen LogP contribution in [0.1, 0.15) is 38.2 Å². The number of aryl methyl sites for hydroxylation is 1. The Labute approximate surface area is 196 Å². The minimum Gasteiger partial charge on any atom is -0.550 e. The lowest BCUT2D eigenvalue weighted by Crippen LogP contribution is -2.40. The molecule has 0 aliphatic heterocycles. The van der Waals surface area contributed by atoms with Crippen molar-refractivity contribution in [3.8, 4) is 11.5 Å². The molecule has 8 nitrogen and oxygen atoms in total. The van der Waals surface area contributed by atoms with Crippen LogP contribution in [0.2, 0.25) is 0 Å². The number of aliphatic carboxylic acids is 1. The van der Waals surface area contributed by atoms with Crippen LogP contribution in [0.15, 0.2) is 39.5 Å². The number of ether oxygens (including phenoxy) is 2. The van der Waals surface area contributed by atoms with Crippen LogP contribution in [0, 0.1) is 18.8 Å². The molecule has 0 unspecified atom stereocenters. The highest BCUT2D eigenvalue weighted by Gasteiger charge is 2.24. The first-order chi connectivity index (χ1) is 16.3. The van der Waals surface area contributed by atoms with E-state index in [1.807, 2.05) is 12.1 Å². The zero-order chi connectivity index (χ0) is 24.4. The van der Waals surface area contributed by atoms with Gasteiger partial charge in [0.1, 0.15) is 17.1 Å². The van der Waals surface area contributed by atoms with Gasteiger partial charge in [-0.25, -0.2) is 4.79 Å². The van der Waals surface area contributed by atoms with E-state index >= 15 is 0 Å². The molecule has 1 heterocycles. The number of benzene rings is 2. The SMILES string of the molecule is COc1ccc2c(c1)c(=O)oc1c(C)c(O[C@H](C)C(=O)NCC3CCC(C(=O)[O-])CC3)ccc12. The topological polar surface area (TPSA) is 118 Å². The number of nitrogens with one attached hydrogen (secondary N) is 1. The van der Waals surface area contributed by atoms with Crippen LogP contribution in [0.25, 0.3) is 21.7 Å². The number of carboxylic acids is 1. The number of hydrogen-bond donors (Lipinski definition) is 1. The van der Waals surface area contributed by atoms with Crippen LogP contribution in [-0.2, 0) is 9.59 Å². The fraction of sp³-hybridized carbons (Fsp3) is 0.423. The summed E-state index contributed by atoms with van der Waals surface area (Å²) in [5.41, 5.74) is 0.575. The Morgan fingerprint density at radius 3 is 2.50 bits per heavy atom. The van der Waals surface area contributed by atoms with Crippen molar-refractivity contribution in [3.05, 3.63) is 46.3 Å². The van der Waals surface area contributed by atoms with Crippen LogP contribution in [-0.4, -0.2) is 31.6 Å². The number of carbonyl (C=O) groups is 2. The maximum absolute atomic E-state index is 12.6. The Balaban J connectivity index is 1.46. The van der Waals surface area contributed by atoms with Gasteiger partial charge in [0.05, 0.1) is 12.5 Å². The number of rotatable bonds is 7. The molecule has 180 valence electrons. The summed E-state index contributed by atoms with van der Waals surface area (Å²) < 4.78 is 16.7. The van der Waals surface area contributed by atoms with Gasteiger partial charge >= 0.3 is 5.63 Å². The maximum atomic E-state index is 12.6. The Morgan fingerprint density at radius 2 is 1.82 bits per heavy atom. The molecule has 1 atom stereocenters. The second-order valence-corrected chi connectivity index (χ2v) is 8.91. The van der Waals surface area contributed by atoms with Crippen molar-refractivity contribution in [2.24, 2.45) is 11.8 Å². The van der Waals surface area contributed by atoms with Crippen molar-refractivity contribution in [2.45, 2.75) is 45.6 Å². The van der Waals surface area contributed by atoms with Gasteiger partial charge in [0.15, 0.2) is 6.10 Å². The molecule has 0 radical (unpaired) electrons. The molecule has 8 heteroatoms. The van der Waals surface area contributed by atoms with Crippen molar-refractivity contribution in [2.75, 3.05) is 13.7 Å². The maximum Gasteiger partial charge on any atom is 0.344 e. The molecule has 2 aromatic carbocycles. The highest BCUT2D eigenvalue weighted by atomic mass is 16.5. The molecular formula is C26H28NO7-. The second kappa shape index (κ2) is 9.75. The first-order valence-corrected chi connectivity index (χ1v) is 11.5. The summed E-state index contributed by atoms with van der Waals surface area (Å²) in [6, 6.07) is 8.85.